The molecule has 2 unspecified atom stereocenters. The van der Waals surface area contributed by atoms with E-state index in [1.54, 1.807) is 18.2 Å². The van der Waals surface area contributed by atoms with E-state index in [0.717, 1.165) is 10.9 Å². The number of carbonyl (C=O) groups excluding carboxylic acids is 1. The number of carbonyl (C=O) groups is 1. The number of nitrogens with zero attached hydrogens (tertiary/aromatic N) is 1. The summed E-state index contributed by atoms with van der Waals surface area (Å²) in [6.07, 6.45) is -1.87. The van der Waals surface area contributed by atoms with E-state index in [4.69, 9.17) is 50.0 Å². The van der Waals surface area contributed by atoms with Gasteiger partial charge in [0.1, 0.15) is 32.8 Å². The van der Waals surface area contributed by atoms with Crippen molar-refractivity contribution in [2.45, 2.75) is 51.1 Å². The van der Waals surface area contributed by atoms with Crippen LogP contribution < -0.4 is 5.59 Å². The molecule has 1 aromatic heterocycles. The van der Waals surface area contributed by atoms with Crippen LogP contribution in [0.2, 0.25) is 10.0 Å². The number of hydrogen-bond donors (Lipinski definition) is 0. The number of ether oxygens (including phenoxy) is 4. The third kappa shape index (κ3) is 3.36. The summed E-state index contributed by atoms with van der Waals surface area (Å²) >= 11 is 12.3. The van der Waals surface area contributed by atoms with Crippen LogP contribution in [0.15, 0.2) is 18.2 Å². The highest BCUT2D eigenvalue weighted by molar-refractivity contribution is 6.43. The van der Waals surface area contributed by atoms with Crippen molar-refractivity contribution in [1.82, 2.24) is 4.57 Å². The molecule has 4 atom stereocenters. The molecule has 2 fully saturated rings. The van der Waals surface area contributed by atoms with E-state index < -0.39 is 30.3 Å². The normalized spacial score (nSPS) is 29.2. The third-order valence-electron chi connectivity index (χ3n) is 4.74. The molecule has 0 aliphatic carbocycles. The van der Waals surface area contributed by atoms with E-state index >= 15 is 0 Å². The van der Waals surface area contributed by atoms with Gasteiger partial charge in [-0.25, -0.2) is 0 Å². The first-order chi connectivity index (χ1) is 12.7. The molecule has 0 bridgehead atoms. The first-order valence-electron chi connectivity index (χ1n) is 8.56. The zero-order valence-electron chi connectivity index (χ0n) is 15.1. The second-order valence-corrected chi connectivity index (χ2v) is 8.01. The van der Waals surface area contributed by atoms with Gasteiger partial charge in [0, 0.05) is 12.3 Å². The number of esters is 1. The molecule has 9 heteroatoms. The molecule has 0 saturated carbocycles. The highest BCUT2D eigenvalue weighted by atomic mass is 35.5. The summed E-state index contributed by atoms with van der Waals surface area (Å²) < 4.78 is 25.2. The van der Waals surface area contributed by atoms with Crippen LogP contribution in [-0.4, -0.2) is 49.1 Å². The largest absolute Gasteiger partial charge is 0.463 e. The monoisotopic (exact) mass is 409 g/mol. The van der Waals surface area contributed by atoms with Crippen molar-refractivity contribution >= 4 is 53.5 Å². The number of fused-ring (bicyclic) bond motifs is 2. The molecular formula is C18H18BCl2NO5. The van der Waals surface area contributed by atoms with Gasteiger partial charge in [0.2, 0.25) is 0 Å². The van der Waals surface area contributed by atoms with Crippen molar-refractivity contribution in [3.05, 3.63) is 28.2 Å². The van der Waals surface area contributed by atoms with E-state index in [0.29, 0.717) is 15.6 Å². The maximum atomic E-state index is 11.2. The second kappa shape index (κ2) is 6.67. The van der Waals surface area contributed by atoms with Gasteiger partial charge in [-0.15, -0.1) is 0 Å². The van der Waals surface area contributed by atoms with Gasteiger partial charge < -0.3 is 23.5 Å². The second-order valence-electron chi connectivity index (χ2n) is 7.20. The fourth-order valence-electron chi connectivity index (χ4n) is 3.73. The summed E-state index contributed by atoms with van der Waals surface area (Å²) in [5.74, 6) is -1.17. The van der Waals surface area contributed by atoms with Crippen molar-refractivity contribution in [2.75, 3.05) is 6.61 Å². The van der Waals surface area contributed by atoms with Gasteiger partial charge >= 0.3 is 5.97 Å². The third-order valence-corrected chi connectivity index (χ3v) is 5.46. The summed E-state index contributed by atoms with van der Waals surface area (Å²) in [5, 5.41) is 1.70. The average molecular weight is 410 g/mol. The molecule has 2 aliphatic rings. The highest BCUT2D eigenvalue weighted by Crippen LogP contribution is 2.44. The number of halogens is 2. The van der Waals surface area contributed by atoms with Crippen molar-refractivity contribution in [3.63, 3.8) is 0 Å². The van der Waals surface area contributed by atoms with Gasteiger partial charge in [0.25, 0.3) is 0 Å². The Hall–Kier alpha value is -1.25. The summed E-state index contributed by atoms with van der Waals surface area (Å²) in [7, 11) is 6.27. The lowest BCUT2D eigenvalue weighted by Gasteiger charge is -2.26. The topological polar surface area (TPSA) is 58.9 Å². The predicted molar refractivity (Wildman–Crippen MR) is 102 cm³/mol. The van der Waals surface area contributed by atoms with Crippen LogP contribution in [0.25, 0.3) is 10.9 Å². The van der Waals surface area contributed by atoms with Gasteiger partial charge in [0.05, 0.1) is 15.6 Å². The molecular weight excluding hydrogens is 392 g/mol. The van der Waals surface area contributed by atoms with E-state index in [1.807, 2.05) is 18.4 Å². The zero-order valence-corrected chi connectivity index (χ0v) is 16.6. The number of benzene rings is 1. The van der Waals surface area contributed by atoms with Crippen molar-refractivity contribution in [1.29, 1.82) is 0 Å². The van der Waals surface area contributed by atoms with Crippen LogP contribution in [-0.2, 0) is 23.7 Å². The van der Waals surface area contributed by atoms with Gasteiger partial charge in [-0.2, -0.15) is 0 Å². The van der Waals surface area contributed by atoms with E-state index in [9.17, 15) is 4.79 Å². The maximum absolute atomic E-state index is 11.2. The Morgan fingerprint density at radius 3 is 2.59 bits per heavy atom. The van der Waals surface area contributed by atoms with Crippen LogP contribution in [0.5, 0.6) is 0 Å². The molecule has 2 aliphatic heterocycles. The molecule has 0 spiro atoms. The molecule has 0 N–H and O–H groups in total. The minimum atomic E-state index is -0.787. The molecule has 4 rings (SSSR count). The Kier molecular flexibility index (Phi) is 4.72. The lowest BCUT2D eigenvalue weighted by Crippen LogP contribution is -2.33. The van der Waals surface area contributed by atoms with Crippen LogP contribution in [0.1, 0.15) is 27.0 Å². The van der Waals surface area contributed by atoms with Gasteiger partial charge in [-0.05, 0) is 37.6 Å². The molecule has 2 aromatic rings. The van der Waals surface area contributed by atoms with E-state index in [1.165, 1.54) is 6.92 Å². The lowest BCUT2D eigenvalue weighted by molar-refractivity contribution is -0.201. The zero-order chi connectivity index (χ0) is 19.5. The Labute approximate surface area is 168 Å². The number of aromatic nitrogens is 1. The minimum Gasteiger partial charge on any atom is -0.463 e. The molecule has 6 nitrogen and oxygen atoms in total. The minimum absolute atomic E-state index is 0.0676. The summed E-state index contributed by atoms with van der Waals surface area (Å²) in [6.45, 7) is 5.08. The molecule has 3 heterocycles. The summed E-state index contributed by atoms with van der Waals surface area (Å²) in [5.41, 5.74) is 1.25. The Balaban J connectivity index is 1.74. The Morgan fingerprint density at radius 2 is 1.89 bits per heavy atom. The molecule has 27 heavy (non-hydrogen) atoms. The van der Waals surface area contributed by atoms with Crippen LogP contribution in [0.3, 0.4) is 0 Å². The van der Waals surface area contributed by atoms with Crippen molar-refractivity contribution < 1.29 is 23.7 Å². The van der Waals surface area contributed by atoms with E-state index in [2.05, 4.69) is 0 Å². The molecule has 0 amide bonds. The molecule has 2 radical (unpaired) electrons. The van der Waals surface area contributed by atoms with Crippen LogP contribution in [0, 0.1) is 0 Å². The van der Waals surface area contributed by atoms with Gasteiger partial charge in [-0.3, -0.25) is 4.79 Å². The standard InChI is InChI=1S/C18H18BCl2NO5/c1-8(23)24-7-13-15-16(27-18(2,3)26-15)17(25-13)22-12-6-11(21)10(20)4-9(12)5-14(22)19/h4-6,13,15-17H,7H2,1-3H3/t13-,15?,16?,17-/m1/s1. The maximum Gasteiger partial charge on any atom is 0.302 e. The summed E-state index contributed by atoms with van der Waals surface area (Å²) in [6, 6.07) is 5.30. The molecule has 142 valence electrons. The summed E-state index contributed by atoms with van der Waals surface area (Å²) in [4.78, 5) is 11.2. The first-order valence-corrected chi connectivity index (χ1v) is 9.32. The van der Waals surface area contributed by atoms with Crippen molar-refractivity contribution in [3.8, 4) is 0 Å². The Morgan fingerprint density at radius 1 is 1.22 bits per heavy atom. The lowest BCUT2D eigenvalue weighted by atomic mass is 10.0. The molecule has 2 saturated heterocycles. The fraction of sp³-hybridized carbons (Fsp3) is 0.500. The number of rotatable bonds is 3. The van der Waals surface area contributed by atoms with Gasteiger partial charge in [-0.1, -0.05) is 23.2 Å². The predicted octanol–water partition coefficient (Wildman–Crippen LogP) is 2.72. The quantitative estimate of drug-likeness (QED) is 0.576. The van der Waals surface area contributed by atoms with E-state index in [-0.39, 0.29) is 12.6 Å². The van der Waals surface area contributed by atoms with Crippen molar-refractivity contribution in [2.24, 2.45) is 0 Å². The average Bonchev–Trinajstić information content (AvgIpc) is 3.14. The molecule has 1 aromatic carbocycles. The fourth-order valence-corrected chi connectivity index (χ4v) is 4.06. The van der Waals surface area contributed by atoms with Gasteiger partial charge in [0.15, 0.2) is 12.0 Å². The Bertz CT molecular complexity index is 915. The smallest absolute Gasteiger partial charge is 0.302 e. The number of hydrogen-bond acceptors (Lipinski definition) is 5. The SMILES string of the molecule is [B]c1cc2cc(Cl)c(Cl)cc2n1[C@@H]1O[C@H](COC(C)=O)C2OC(C)(C)OC21. The van der Waals surface area contributed by atoms with Crippen LogP contribution in [0.4, 0.5) is 0 Å². The first kappa shape index (κ1) is 19.1. The highest BCUT2D eigenvalue weighted by Gasteiger charge is 2.56. The van der Waals surface area contributed by atoms with Crippen LogP contribution >= 0.6 is 23.2 Å².